The summed E-state index contributed by atoms with van der Waals surface area (Å²) in [6.45, 7) is 1.92. The van der Waals surface area contributed by atoms with Gasteiger partial charge in [-0.1, -0.05) is 30.8 Å². The number of benzene rings is 2. The minimum atomic E-state index is -0.420. The Balaban J connectivity index is 1.58. The Bertz CT molecular complexity index is 1330. The number of ether oxygens (including phenoxy) is 2. The minimum Gasteiger partial charge on any atom is -0.497 e. The second kappa shape index (κ2) is 9.78. The van der Waals surface area contributed by atoms with Gasteiger partial charge in [0.2, 0.25) is 11.6 Å². The fourth-order valence-corrected chi connectivity index (χ4v) is 4.25. The third-order valence-electron chi connectivity index (χ3n) is 5.05. The van der Waals surface area contributed by atoms with Gasteiger partial charge >= 0.3 is 5.56 Å². The molecule has 0 unspecified atom stereocenters. The number of hydrogen-bond acceptors (Lipinski definition) is 7. The van der Waals surface area contributed by atoms with E-state index in [2.05, 4.69) is 15.5 Å². The van der Waals surface area contributed by atoms with Crippen LogP contribution in [0.3, 0.4) is 0 Å². The zero-order chi connectivity index (χ0) is 23.4. The molecule has 0 saturated heterocycles. The number of nitrogens with zero attached hydrogens (tertiary/aromatic N) is 4. The van der Waals surface area contributed by atoms with Crippen LogP contribution in [0.4, 0.5) is 5.69 Å². The van der Waals surface area contributed by atoms with Crippen LogP contribution in [0.2, 0.25) is 0 Å². The van der Waals surface area contributed by atoms with Crippen molar-refractivity contribution in [1.29, 1.82) is 0 Å². The molecule has 2 aromatic heterocycles. The van der Waals surface area contributed by atoms with Crippen LogP contribution in [0, 0.1) is 0 Å². The van der Waals surface area contributed by atoms with Gasteiger partial charge in [0.05, 0.1) is 25.2 Å². The second-order valence-corrected chi connectivity index (χ2v) is 8.22. The molecular weight excluding hydrogens is 442 g/mol. The summed E-state index contributed by atoms with van der Waals surface area (Å²) < 4.78 is 13.6. The molecule has 0 radical (unpaired) electrons. The summed E-state index contributed by atoms with van der Waals surface area (Å²) in [5, 5.41) is 11.2. The van der Waals surface area contributed by atoms with E-state index in [0.29, 0.717) is 34.5 Å². The molecule has 33 heavy (non-hydrogen) atoms. The van der Waals surface area contributed by atoms with Crippen LogP contribution < -0.4 is 20.3 Å². The van der Waals surface area contributed by atoms with Crippen LogP contribution >= 0.6 is 11.8 Å². The lowest BCUT2D eigenvalue weighted by molar-refractivity contribution is -0.115. The third kappa shape index (κ3) is 4.56. The Morgan fingerprint density at radius 3 is 2.52 bits per heavy atom. The van der Waals surface area contributed by atoms with Crippen molar-refractivity contribution in [1.82, 2.24) is 19.2 Å². The number of thioether (sulfide) groups is 1. The van der Waals surface area contributed by atoms with Crippen molar-refractivity contribution < 1.29 is 14.3 Å². The van der Waals surface area contributed by atoms with Gasteiger partial charge in [0.25, 0.3) is 0 Å². The molecule has 0 fully saturated rings. The van der Waals surface area contributed by atoms with Gasteiger partial charge < -0.3 is 14.8 Å². The van der Waals surface area contributed by atoms with Gasteiger partial charge in [0.1, 0.15) is 11.5 Å². The van der Waals surface area contributed by atoms with E-state index in [4.69, 9.17) is 9.47 Å². The van der Waals surface area contributed by atoms with Crippen molar-refractivity contribution in [2.75, 3.05) is 19.5 Å². The topological polar surface area (TPSA) is 99.8 Å². The average Bonchev–Trinajstić information content (AvgIpc) is 3.26. The highest BCUT2D eigenvalue weighted by Gasteiger charge is 2.22. The number of fused-ring (bicyclic) bond motifs is 1. The summed E-state index contributed by atoms with van der Waals surface area (Å²) in [6.07, 6.45) is 3.92. The van der Waals surface area contributed by atoms with E-state index in [1.54, 1.807) is 67.4 Å². The highest BCUT2D eigenvalue weighted by atomic mass is 32.2. The first-order chi connectivity index (χ1) is 16.0. The van der Waals surface area contributed by atoms with Crippen LogP contribution in [-0.4, -0.2) is 44.5 Å². The van der Waals surface area contributed by atoms with Crippen LogP contribution in [0.5, 0.6) is 11.5 Å². The van der Waals surface area contributed by atoms with Crippen LogP contribution in [0.25, 0.3) is 11.3 Å². The molecule has 9 nitrogen and oxygen atoms in total. The van der Waals surface area contributed by atoms with E-state index in [-0.39, 0.29) is 17.1 Å². The van der Waals surface area contributed by atoms with Crippen LogP contribution in [0.1, 0.15) is 13.3 Å². The van der Waals surface area contributed by atoms with Crippen molar-refractivity contribution in [2.24, 2.45) is 0 Å². The Morgan fingerprint density at radius 1 is 1.06 bits per heavy atom. The summed E-state index contributed by atoms with van der Waals surface area (Å²) >= 11 is 1.26. The highest BCUT2D eigenvalue weighted by molar-refractivity contribution is 8.00. The second-order valence-electron chi connectivity index (χ2n) is 7.05. The number of aromatic nitrogens is 4. The first-order valence-corrected chi connectivity index (χ1v) is 11.1. The number of anilines is 1. The van der Waals surface area contributed by atoms with E-state index in [1.807, 2.05) is 19.1 Å². The molecule has 2 aromatic carbocycles. The number of carbonyl (C=O) groups excluding carboxylic acids is 1. The fourth-order valence-electron chi connectivity index (χ4n) is 3.31. The summed E-state index contributed by atoms with van der Waals surface area (Å²) in [4.78, 5) is 25.9. The summed E-state index contributed by atoms with van der Waals surface area (Å²) in [7, 11) is 3.14. The standard InChI is InChI=1S/C23H23N5O4S/c1-4-19(21(29)24-15-9-11-16(31-2)12-10-15)33-23-26-25-20-22(30)27(13-14-28(20)23)17-7-5-6-8-18(17)32-3/h5-14,19H,4H2,1-3H3,(H,24,29)/t19-/m1/s1. The largest absolute Gasteiger partial charge is 0.497 e. The Kier molecular flexibility index (Phi) is 6.64. The molecule has 170 valence electrons. The van der Waals surface area contributed by atoms with E-state index in [9.17, 15) is 9.59 Å². The SMILES string of the molecule is CC[C@@H](Sc1nnc2c(=O)n(-c3ccccc3OC)ccn12)C(=O)Nc1ccc(OC)cc1. The summed E-state index contributed by atoms with van der Waals surface area (Å²) in [5.74, 6) is 1.12. The number of nitrogens with one attached hydrogen (secondary N) is 1. The van der Waals surface area contributed by atoms with Gasteiger partial charge in [-0.2, -0.15) is 0 Å². The highest BCUT2D eigenvalue weighted by Crippen LogP contribution is 2.26. The van der Waals surface area contributed by atoms with Crippen molar-refractivity contribution in [3.05, 3.63) is 71.3 Å². The van der Waals surface area contributed by atoms with Gasteiger partial charge in [0.15, 0.2) is 5.16 Å². The van der Waals surface area contributed by atoms with Crippen molar-refractivity contribution in [2.45, 2.75) is 23.8 Å². The monoisotopic (exact) mass is 465 g/mol. The maximum atomic E-state index is 13.1. The number of hydrogen-bond donors (Lipinski definition) is 1. The average molecular weight is 466 g/mol. The number of methoxy groups -OCH3 is 2. The molecule has 0 spiro atoms. The molecule has 0 aliphatic carbocycles. The fraction of sp³-hybridized carbons (Fsp3) is 0.217. The normalized spacial score (nSPS) is 11.8. The van der Waals surface area contributed by atoms with Gasteiger partial charge in [0, 0.05) is 18.1 Å². The molecule has 1 amide bonds. The van der Waals surface area contributed by atoms with Crippen LogP contribution in [0.15, 0.2) is 70.9 Å². The lowest BCUT2D eigenvalue weighted by atomic mass is 10.2. The Hall–Kier alpha value is -3.79. The quantitative estimate of drug-likeness (QED) is 0.398. The zero-order valence-corrected chi connectivity index (χ0v) is 19.2. The molecule has 4 rings (SSSR count). The first kappa shape index (κ1) is 22.4. The minimum absolute atomic E-state index is 0.160. The predicted octanol–water partition coefficient (Wildman–Crippen LogP) is 3.41. The van der Waals surface area contributed by atoms with Crippen molar-refractivity contribution in [3.8, 4) is 17.2 Å². The maximum Gasteiger partial charge on any atom is 0.300 e. The lowest BCUT2D eigenvalue weighted by Gasteiger charge is -2.14. The molecule has 10 heteroatoms. The van der Waals surface area contributed by atoms with Gasteiger partial charge in [-0.05, 0) is 42.8 Å². The van der Waals surface area contributed by atoms with Crippen molar-refractivity contribution >= 4 is 29.0 Å². The predicted molar refractivity (Wildman–Crippen MR) is 127 cm³/mol. The first-order valence-electron chi connectivity index (χ1n) is 10.3. The van der Waals surface area contributed by atoms with E-state index >= 15 is 0 Å². The molecule has 2 heterocycles. The van der Waals surface area contributed by atoms with Gasteiger partial charge in [-0.25, -0.2) is 0 Å². The molecule has 0 aliphatic rings. The molecular formula is C23H23N5O4S. The number of rotatable bonds is 8. The summed E-state index contributed by atoms with van der Waals surface area (Å²) in [6, 6.07) is 14.4. The molecule has 0 bridgehead atoms. The molecule has 0 saturated carbocycles. The summed E-state index contributed by atoms with van der Waals surface area (Å²) in [5.41, 5.74) is 1.11. The molecule has 1 N–H and O–H groups in total. The third-order valence-corrected chi connectivity index (χ3v) is 6.37. The van der Waals surface area contributed by atoms with Crippen LogP contribution in [-0.2, 0) is 4.79 Å². The zero-order valence-electron chi connectivity index (χ0n) is 18.4. The number of amides is 1. The van der Waals surface area contributed by atoms with E-state index in [1.165, 1.54) is 16.3 Å². The molecule has 0 aliphatic heterocycles. The number of para-hydroxylation sites is 2. The Labute approximate surface area is 194 Å². The van der Waals surface area contributed by atoms with Crippen molar-refractivity contribution in [3.63, 3.8) is 0 Å². The Morgan fingerprint density at radius 2 is 1.82 bits per heavy atom. The maximum absolute atomic E-state index is 13.1. The number of carbonyl (C=O) groups is 1. The van der Waals surface area contributed by atoms with Gasteiger partial charge in [-0.3, -0.25) is 18.6 Å². The van der Waals surface area contributed by atoms with E-state index < -0.39 is 5.25 Å². The molecule has 4 aromatic rings. The molecule has 1 atom stereocenters. The smallest absolute Gasteiger partial charge is 0.300 e. The lowest BCUT2D eigenvalue weighted by Crippen LogP contribution is -2.25. The van der Waals surface area contributed by atoms with Gasteiger partial charge in [-0.15, -0.1) is 10.2 Å². The van der Waals surface area contributed by atoms with E-state index in [0.717, 1.165) is 0 Å².